The molecule has 0 radical (unpaired) electrons. The zero-order chi connectivity index (χ0) is 18.4. The fourth-order valence-corrected chi connectivity index (χ4v) is 4.07. The lowest BCUT2D eigenvalue weighted by Crippen LogP contribution is -2.23. The molecule has 6 nitrogen and oxygen atoms in total. The number of aryl methyl sites for hydroxylation is 1. The maximum absolute atomic E-state index is 12.4. The Morgan fingerprint density at radius 1 is 1.12 bits per heavy atom. The summed E-state index contributed by atoms with van der Waals surface area (Å²) in [6, 6.07) is 13.5. The highest BCUT2D eigenvalue weighted by atomic mass is 32.2. The summed E-state index contributed by atoms with van der Waals surface area (Å²) in [7, 11) is -3.70. The topological polar surface area (TPSA) is 88.4 Å². The van der Waals surface area contributed by atoms with Gasteiger partial charge in [-0.25, -0.2) is 13.1 Å². The van der Waals surface area contributed by atoms with Crippen molar-refractivity contribution in [3.05, 3.63) is 70.8 Å². The van der Waals surface area contributed by atoms with Gasteiger partial charge in [-0.1, -0.05) is 12.1 Å². The van der Waals surface area contributed by atoms with Gasteiger partial charge in [-0.15, -0.1) is 11.3 Å². The molecule has 0 saturated heterocycles. The largest absolute Gasteiger partial charge is 0.468 e. The first-order valence-corrected chi connectivity index (χ1v) is 10.3. The molecule has 0 aliphatic heterocycles. The lowest BCUT2D eigenvalue weighted by atomic mass is 10.2. The van der Waals surface area contributed by atoms with E-state index in [0.717, 1.165) is 4.88 Å². The van der Waals surface area contributed by atoms with Crippen molar-refractivity contribution >= 4 is 33.0 Å². The Morgan fingerprint density at radius 3 is 2.73 bits per heavy atom. The number of hydrogen-bond acceptors (Lipinski definition) is 5. The Hall–Kier alpha value is -2.42. The van der Waals surface area contributed by atoms with Gasteiger partial charge >= 0.3 is 0 Å². The molecule has 1 aromatic carbocycles. The lowest BCUT2D eigenvalue weighted by Gasteiger charge is -2.09. The van der Waals surface area contributed by atoms with Crippen LogP contribution in [0.4, 0.5) is 5.69 Å². The van der Waals surface area contributed by atoms with E-state index < -0.39 is 10.0 Å². The number of sulfonamides is 1. The second-order valence-electron chi connectivity index (χ2n) is 5.56. The number of nitrogens with one attached hydrogen (secondary N) is 2. The summed E-state index contributed by atoms with van der Waals surface area (Å²) in [6.45, 7) is 0.0622. The molecule has 2 N–H and O–H groups in total. The van der Waals surface area contributed by atoms with Crippen LogP contribution in [0.2, 0.25) is 0 Å². The van der Waals surface area contributed by atoms with E-state index >= 15 is 0 Å². The minimum absolute atomic E-state index is 0.0622. The molecule has 8 heteroatoms. The summed E-state index contributed by atoms with van der Waals surface area (Å²) in [6.07, 6.45) is 2.48. The van der Waals surface area contributed by atoms with Crippen molar-refractivity contribution in [3.8, 4) is 0 Å². The zero-order valence-corrected chi connectivity index (χ0v) is 15.5. The van der Waals surface area contributed by atoms with Crippen LogP contribution in [-0.4, -0.2) is 14.3 Å². The molecule has 2 heterocycles. The van der Waals surface area contributed by atoms with E-state index in [1.54, 1.807) is 35.6 Å². The van der Waals surface area contributed by atoms with Crippen LogP contribution in [0.25, 0.3) is 0 Å². The monoisotopic (exact) mass is 390 g/mol. The van der Waals surface area contributed by atoms with Crippen molar-refractivity contribution in [2.75, 3.05) is 5.32 Å². The molecule has 3 aromatic rings. The van der Waals surface area contributed by atoms with Gasteiger partial charge in [-0.05, 0) is 48.2 Å². The van der Waals surface area contributed by atoms with Crippen LogP contribution in [-0.2, 0) is 27.8 Å². The molecule has 136 valence electrons. The molecule has 0 atom stereocenters. The third-order valence-electron chi connectivity index (χ3n) is 3.62. The van der Waals surface area contributed by atoms with Crippen LogP contribution in [0.1, 0.15) is 17.1 Å². The summed E-state index contributed by atoms with van der Waals surface area (Å²) in [4.78, 5) is 13.3. The molecule has 3 rings (SSSR count). The van der Waals surface area contributed by atoms with Gasteiger partial charge in [0.2, 0.25) is 15.9 Å². The minimum Gasteiger partial charge on any atom is -0.468 e. The molecule has 0 fully saturated rings. The molecule has 0 saturated carbocycles. The zero-order valence-electron chi connectivity index (χ0n) is 13.8. The third kappa shape index (κ3) is 5.04. The average molecular weight is 390 g/mol. The summed E-state index contributed by atoms with van der Waals surface area (Å²) < 4.78 is 32.3. The molecule has 1 amide bonds. The number of rotatable bonds is 8. The molecule has 2 aromatic heterocycles. The smallest absolute Gasteiger partial charge is 0.241 e. The number of hydrogen-bond donors (Lipinski definition) is 2. The van der Waals surface area contributed by atoms with Crippen LogP contribution in [0.3, 0.4) is 0 Å². The Morgan fingerprint density at radius 2 is 2.00 bits per heavy atom. The summed E-state index contributed by atoms with van der Waals surface area (Å²) in [5.74, 6) is 0.364. The number of anilines is 1. The number of thiophene rings is 1. The molecular formula is C18H18N2O4S2. The fourth-order valence-electron chi connectivity index (χ4n) is 2.32. The van der Waals surface area contributed by atoms with E-state index in [2.05, 4.69) is 10.0 Å². The van der Waals surface area contributed by atoms with Crippen molar-refractivity contribution in [2.45, 2.75) is 24.3 Å². The summed E-state index contributed by atoms with van der Waals surface area (Å²) in [5, 5.41) is 4.71. The second kappa shape index (κ2) is 8.31. The Kier molecular flexibility index (Phi) is 5.87. The van der Waals surface area contributed by atoms with Crippen LogP contribution in [0.15, 0.2) is 69.5 Å². The first-order chi connectivity index (χ1) is 12.5. The molecular weight excluding hydrogens is 372 g/mol. The minimum atomic E-state index is -3.70. The highest BCUT2D eigenvalue weighted by molar-refractivity contribution is 7.89. The molecule has 0 aliphatic carbocycles. The van der Waals surface area contributed by atoms with Crippen LogP contribution in [0, 0.1) is 0 Å². The number of carbonyl (C=O) groups is 1. The van der Waals surface area contributed by atoms with Gasteiger partial charge in [0.1, 0.15) is 5.76 Å². The summed E-state index contributed by atoms with van der Waals surface area (Å²) in [5.41, 5.74) is 0.446. The van der Waals surface area contributed by atoms with Gasteiger partial charge in [0.05, 0.1) is 17.7 Å². The van der Waals surface area contributed by atoms with Crippen LogP contribution in [0.5, 0.6) is 0 Å². The molecule has 26 heavy (non-hydrogen) atoms. The first-order valence-electron chi connectivity index (χ1n) is 7.97. The number of carbonyl (C=O) groups excluding carboxylic acids is 1. The van der Waals surface area contributed by atoms with Crippen molar-refractivity contribution in [1.82, 2.24) is 4.72 Å². The lowest BCUT2D eigenvalue weighted by molar-refractivity contribution is -0.116. The standard InChI is InChI=1S/C18H18N2O4S2/c21-18(9-8-16-6-3-11-25-16)20-14-4-1-7-17(12-14)26(22,23)19-13-15-5-2-10-24-15/h1-7,10-12,19H,8-9,13H2,(H,20,21). The van der Waals surface area contributed by atoms with Gasteiger partial charge in [-0.3, -0.25) is 4.79 Å². The van der Waals surface area contributed by atoms with E-state index in [0.29, 0.717) is 24.3 Å². The van der Waals surface area contributed by atoms with E-state index in [9.17, 15) is 13.2 Å². The molecule has 0 unspecified atom stereocenters. The van der Waals surface area contributed by atoms with Crippen LogP contribution >= 0.6 is 11.3 Å². The maximum Gasteiger partial charge on any atom is 0.241 e. The maximum atomic E-state index is 12.4. The fraction of sp³-hybridized carbons (Fsp3) is 0.167. The highest BCUT2D eigenvalue weighted by Gasteiger charge is 2.15. The Bertz CT molecular complexity index is 949. The second-order valence-corrected chi connectivity index (χ2v) is 8.36. The first kappa shape index (κ1) is 18.4. The predicted molar refractivity (Wildman–Crippen MR) is 100 cm³/mol. The average Bonchev–Trinajstić information content (AvgIpc) is 3.32. The van der Waals surface area contributed by atoms with E-state index in [4.69, 9.17) is 4.42 Å². The Balaban J connectivity index is 1.60. The van der Waals surface area contributed by atoms with Gasteiger partial charge in [-0.2, -0.15) is 0 Å². The number of furan rings is 1. The van der Waals surface area contributed by atoms with E-state index in [-0.39, 0.29) is 17.3 Å². The van der Waals surface area contributed by atoms with Crippen molar-refractivity contribution in [1.29, 1.82) is 0 Å². The van der Waals surface area contributed by atoms with Gasteiger partial charge in [0.25, 0.3) is 0 Å². The number of benzene rings is 1. The molecule has 0 aliphatic rings. The van der Waals surface area contributed by atoms with Gasteiger partial charge in [0, 0.05) is 17.0 Å². The normalized spacial score (nSPS) is 11.4. The Labute approximate surface area is 155 Å². The van der Waals surface area contributed by atoms with Crippen LogP contribution < -0.4 is 10.0 Å². The third-order valence-corrected chi connectivity index (χ3v) is 5.96. The van der Waals surface area contributed by atoms with Gasteiger partial charge < -0.3 is 9.73 Å². The van der Waals surface area contributed by atoms with Crippen molar-refractivity contribution in [2.24, 2.45) is 0 Å². The van der Waals surface area contributed by atoms with Gasteiger partial charge in [0.15, 0.2) is 0 Å². The highest BCUT2D eigenvalue weighted by Crippen LogP contribution is 2.17. The molecule has 0 spiro atoms. The van der Waals surface area contributed by atoms with E-state index in [1.165, 1.54) is 18.4 Å². The van der Waals surface area contributed by atoms with Crippen molar-refractivity contribution < 1.29 is 17.6 Å². The quantitative estimate of drug-likeness (QED) is 0.617. The van der Waals surface area contributed by atoms with E-state index in [1.807, 2.05) is 17.5 Å². The molecule has 0 bridgehead atoms. The summed E-state index contributed by atoms with van der Waals surface area (Å²) >= 11 is 1.61. The predicted octanol–water partition coefficient (Wildman–Crippen LogP) is 3.39. The van der Waals surface area contributed by atoms with Crippen molar-refractivity contribution in [3.63, 3.8) is 0 Å². The number of amides is 1. The SMILES string of the molecule is O=C(CCc1cccs1)Nc1cccc(S(=O)(=O)NCc2ccco2)c1.